The Morgan fingerprint density at radius 3 is 2.88 bits per heavy atom. The van der Waals surface area contributed by atoms with Gasteiger partial charge in [0.1, 0.15) is 5.75 Å². The van der Waals surface area contributed by atoms with Crippen LogP contribution < -0.4 is 15.8 Å². The van der Waals surface area contributed by atoms with Gasteiger partial charge in [0.2, 0.25) is 5.91 Å². The van der Waals surface area contributed by atoms with E-state index in [1.165, 1.54) is 0 Å². The van der Waals surface area contributed by atoms with E-state index in [9.17, 15) is 13.6 Å². The highest BCUT2D eigenvalue weighted by Gasteiger charge is 2.33. The van der Waals surface area contributed by atoms with Gasteiger partial charge in [-0.05, 0) is 67.8 Å². The Morgan fingerprint density at radius 2 is 2.12 bits per heavy atom. The zero-order valence-corrected chi connectivity index (χ0v) is 13.6. The molecule has 132 valence electrons. The fraction of sp³-hybridized carbons (Fsp3) is 0.611. The predicted octanol–water partition coefficient (Wildman–Crippen LogP) is 3.16. The lowest BCUT2D eigenvalue weighted by Crippen LogP contribution is -2.38. The number of aryl methyl sites for hydroxylation is 1. The third kappa shape index (κ3) is 3.69. The normalized spacial score (nSPS) is 26.2. The minimum atomic E-state index is -2.82. The number of hydrogen-bond donors (Lipinski definition) is 2. The van der Waals surface area contributed by atoms with Crippen molar-refractivity contribution < 1.29 is 18.3 Å². The maximum Gasteiger partial charge on any atom is 0.387 e. The summed E-state index contributed by atoms with van der Waals surface area (Å²) in [5, 5.41) is 3.16. The van der Waals surface area contributed by atoms with Gasteiger partial charge in [0.25, 0.3) is 0 Å². The monoisotopic (exact) mass is 338 g/mol. The van der Waals surface area contributed by atoms with Crippen LogP contribution in [0.4, 0.5) is 8.78 Å². The smallest absolute Gasteiger partial charge is 0.387 e. The van der Waals surface area contributed by atoms with Gasteiger partial charge in [-0.1, -0.05) is 12.5 Å². The van der Waals surface area contributed by atoms with Crippen molar-refractivity contribution in [2.24, 2.45) is 17.6 Å². The molecule has 1 aromatic carbocycles. The number of carbonyl (C=O) groups is 1. The van der Waals surface area contributed by atoms with Crippen LogP contribution in [0.1, 0.15) is 49.3 Å². The number of nitrogens with two attached hydrogens (primary N) is 1. The molecule has 0 saturated heterocycles. The average Bonchev–Trinajstić information content (AvgIpc) is 3.03. The summed E-state index contributed by atoms with van der Waals surface area (Å²) >= 11 is 0. The number of nitrogens with one attached hydrogen (secondary N) is 1. The average molecular weight is 338 g/mol. The molecule has 1 unspecified atom stereocenters. The zero-order valence-electron chi connectivity index (χ0n) is 13.6. The Labute approximate surface area is 140 Å². The largest absolute Gasteiger partial charge is 0.435 e. The molecule has 0 radical (unpaired) electrons. The standard InChI is InChI=1S/C18H24F2N2O2/c19-18(20)24-13-7-8-14-11(9-13)3-2-6-16(14)22-17(23)15-5-1-4-12(15)10-21/h7-9,12,15-16,18H,1-6,10,21H2,(H,22,23)/t12-,15-,16?/m1/s1. The minimum Gasteiger partial charge on any atom is -0.435 e. The van der Waals surface area contributed by atoms with Crippen LogP contribution >= 0.6 is 0 Å². The summed E-state index contributed by atoms with van der Waals surface area (Å²) in [6, 6.07) is 4.96. The first kappa shape index (κ1) is 17.1. The first-order valence-electron chi connectivity index (χ1n) is 8.66. The number of alkyl halides is 2. The summed E-state index contributed by atoms with van der Waals surface area (Å²) in [7, 11) is 0. The summed E-state index contributed by atoms with van der Waals surface area (Å²) in [5.74, 6) is 0.528. The molecular weight excluding hydrogens is 314 g/mol. The quantitative estimate of drug-likeness (QED) is 0.867. The number of amides is 1. The molecule has 3 N–H and O–H groups in total. The van der Waals surface area contributed by atoms with E-state index in [4.69, 9.17) is 5.73 Å². The molecular formula is C18H24F2N2O2. The number of carbonyl (C=O) groups excluding carboxylic acids is 1. The molecule has 6 heteroatoms. The first-order valence-corrected chi connectivity index (χ1v) is 8.66. The van der Waals surface area contributed by atoms with Crippen LogP contribution in [0.2, 0.25) is 0 Å². The highest BCUT2D eigenvalue weighted by molar-refractivity contribution is 5.80. The van der Waals surface area contributed by atoms with E-state index in [-0.39, 0.29) is 29.5 Å². The van der Waals surface area contributed by atoms with Crippen molar-refractivity contribution in [3.63, 3.8) is 0 Å². The van der Waals surface area contributed by atoms with Gasteiger partial charge < -0.3 is 15.8 Å². The molecule has 0 heterocycles. The van der Waals surface area contributed by atoms with Crippen LogP contribution in [-0.4, -0.2) is 19.1 Å². The number of rotatable bonds is 5. The van der Waals surface area contributed by atoms with E-state index >= 15 is 0 Å². The summed E-state index contributed by atoms with van der Waals surface area (Å²) in [6.07, 6.45) is 5.57. The second-order valence-electron chi connectivity index (χ2n) is 6.73. The van der Waals surface area contributed by atoms with Crippen molar-refractivity contribution in [2.75, 3.05) is 6.54 Å². The highest BCUT2D eigenvalue weighted by atomic mass is 19.3. The molecule has 0 spiro atoms. The summed E-state index contributed by atoms with van der Waals surface area (Å²) < 4.78 is 29.2. The van der Waals surface area contributed by atoms with Crippen molar-refractivity contribution in [1.82, 2.24) is 5.32 Å². The van der Waals surface area contributed by atoms with Gasteiger partial charge in [-0.2, -0.15) is 8.78 Å². The molecule has 0 aromatic heterocycles. The summed E-state index contributed by atoms with van der Waals surface area (Å²) in [6.45, 7) is -2.27. The third-order valence-electron chi connectivity index (χ3n) is 5.27. The van der Waals surface area contributed by atoms with Crippen LogP contribution in [0.15, 0.2) is 18.2 Å². The molecule has 1 saturated carbocycles. The number of benzene rings is 1. The van der Waals surface area contributed by atoms with Crippen LogP contribution in [0.25, 0.3) is 0 Å². The van der Waals surface area contributed by atoms with E-state index in [0.717, 1.165) is 49.7 Å². The van der Waals surface area contributed by atoms with Crippen molar-refractivity contribution in [3.8, 4) is 5.75 Å². The first-order chi connectivity index (χ1) is 11.6. The van der Waals surface area contributed by atoms with E-state index < -0.39 is 6.61 Å². The SMILES string of the molecule is NC[C@H]1CCC[C@H]1C(=O)NC1CCCc2cc(OC(F)F)ccc21. The fourth-order valence-corrected chi connectivity index (χ4v) is 4.06. The molecule has 2 aliphatic carbocycles. The number of halogens is 2. The molecule has 3 rings (SSSR count). The van der Waals surface area contributed by atoms with E-state index in [0.29, 0.717) is 6.54 Å². The molecule has 3 atom stereocenters. The molecule has 24 heavy (non-hydrogen) atoms. The van der Waals surface area contributed by atoms with Crippen LogP contribution in [0.5, 0.6) is 5.75 Å². The van der Waals surface area contributed by atoms with E-state index in [1.54, 1.807) is 18.2 Å². The second-order valence-corrected chi connectivity index (χ2v) is 6.73. The number of fused-ring (bicyclic) bond motifs is 1. The van der Waals surface area contributed by atoms with Crippen LogP contribution in [0.3, 0.4) is 0 Å². The van der Waals surface area contributed by atoms with Crippen LogP contribution in [0, 0.1) is 11.8 Å². The van der Waals surface area contributed by atoms with Crippen LogP contribution in [-0.2, 0) is 11.2 Å². The van der Waals surface area contributed by atoms with Gasteiger partial charge in [0, 0.05) is 5.92 Å². The molecule has 4 nitrogen and oxygen atoms in total. The second kappa shape index (κ2) is 7.47. The van der Waals surface area contributed by atoms with Gasteiger partial charge >= 0.3 is 6.61 Å². The highest BCUT2D eigenvalue weighted by Crippen LogP contribution is 2.35. The van der Waals surface area contributed by atoms with Crippen molar-refractivity contribution in [1.29, 1.82) is 0 Å². The maximum atomic E-state index is 12.6. The van der Waals surface area contributed by atoms with Gasteiger partial charge in [0.15, 0.2) is 0 Å². The Morgan fingerprint density at radius 1 is 1.29 bits per heavy atom. The molecule has 0 bridgehead atoms. The van der Waals surface area contributed by atoms with Crippen molar-refractivity contribution >= 4 is 5.91 Å². The van der Waals surface area contributed by atoms with Gasteiger partial charge in [-0.25, -0.2) is 0 Å². The molecule has 0 aliphatic heterocycles. The fourth-order valence-electron chi connectivity index (χ4n) is 4.06. The maximum absolute atomic E-state index is 12.6. The number of hydrogen-bond acceptors (Lipinski definition) is 3. The van der Waals surface area contributed by atoms with Crippen molar-refractivity contribution in [2.45, 2.75) is 51.2 Å². The van der Waals surface area contributed by atoms with Gasteiger partial charge in [0.05, 0.1) is 6.04 Å². The Hall–Kier alpha value is -1.69. The molecule has 1 fully saturated rings. The molecule has 1 amide bonds. The molecule has 2 aliphatic rings. The third-order valence-corrected chi connectivity index (χ3v) is 5.27. The minimum absolute atomic E-state index is 0.00168. The lowest BCUT2D eigenvalue weighted by molar-refractivity contribution is -0.126. The van der Waals surface area contributed by atoms with Crippen molar-refractivity contribution in [3.05, 3.63) is 29.3 Å². The van der Waals surface area contributed by atoms with Gasteiger partial charge in [-0.15, -0.1) is 0 Å². The number of ether oxygens (including phenoxy) is 1. The van der Waals surface area contributed by atoms with Gasteiger partial charge in [-0.3, -0.25) is 4.79 Å². The predicted molar refractivity (Wildman–Crippen MR) is 86.8 cm³/mol. The van der Waals surface area contributed by atoms with E-state index in [2.05, 4.69) is 10.1 Å². The molecule has 1 aromatic rings. The Bertz CT molecular complexity index is 594. The summed E-state index contributed by atoms with van der Waals surface area (Å²) in [5.41, 5.74) is 7.76. The Kier molecular flexibility index (Phi) is 5.33. The summed E-state index contributed by atoms with van der Waals surface area (Å²) in [4.78, 5) is 12.6. The van der Waals surface area contributed by atoms with E-state index in [1.807, 2.05) is 0 Å². The topological polar surface area (TPSA) is 64.4 Å². The lowest BCUT2D eigenvalue weighted by Gasteiger charge is -2.29. The lowest BCUT2D eigenvalue weighted by atomic mass is 9.86. The zero-order chi connectivity index (χ0) is 17.1. The Balaban J connectivity index is 1.71.